The summed E-state index contributed by atoms with van der Waals surface area (Å²) in [7, 11) is 0. The fraction of sp³-hybridized carbons (Fsp3) is 0.280. The van der Waals surface area contributed by atoms with Crippen molar-refractivity contribution in [1.82, 2.24) is 15.0 Å². The number of nitriles is 1. The van der Waals surface area contributed by atoms with Crippen molar-refractivity contribution < 1.29 is 10.2 Å². The van der Waals surface area contributed by atoms with E-state index in [2.05, 4.69) is 26.7 Å². The van der Waals surface area contributed by atoms with Gasteiger partial charge in [-0.05, 0) is 55.5 Å². The summed E-state index contributed by atoms with van der Waals surface area (Å²) >= 11 is 1.51. The molecule has 0 aliphatic heterocycles. The number of benzene rings is 1. The number of aliphatic hydroxyl groups is 2. The van der Waals surface area contributed by atoms with Crippen molar-refractivity contribution >= 4 is 38.3 Å². The second-order valence-electron chi connectivity index (χ2n) is 8.42. The van der Waals surface area contributed by atoms with E-state index in [1.807, 2.05) is 36.4 Å². The minimum atomic E-state index is -0.214. The SMILES string of the molecule is N#Cc1cncc(-c2cccc3sc(Nc4cc(CO)cc(NC5CCC(O)CC5)n4)nc23)c1. The van der Waals surface area contributed by atoms with Crippen molar-refractivity contribution in [3.8, 4) is 17.2 Å². The van der Waals surface area contributed by atoms with Gasteiger partial charge in [-0.15, -0.1) is 0 Å². The molecule has 9 heteroatoms. The number of nitrogens with one attached hydrogen (secondary N) is 2. The normalized spacial score (nSPS) is 17.9. The molecule has 3 aromatic heterocycles. The molecule has 172 valence electrons. The lowest BCUT2D eigenvalue weighted by molar-refractivity contribution is 0.126. The number of para-hydroxylation sites is 1. The van der Waals surface area contributed by atoms with Gasteiger partial charge in [-0.1, -0.05) is 23.5 Å². The van der Waals surface area contributed by atoms with Crippen LogP contribution in [0.15, 0.2) is 48.8 Å². The highest BCUT2D eigenvalue weighted by Gasteiger charge is 2.20. The van der Waals surface area contributed by atoms with E-state index in [1.165, 1.54) is 11.3 Å². The molecule has 1 aliphatic rings. The molecule has 0 radical (unpaired) electrons. The first kappa shape index (κ1) is 22.2. The second-order valence-corrected chi connectivity index (χ2v) is 9.45. The first-order chi connectivity index (χ1) is 16.6. The molecule has 1 fully saturated rings. The van der Waals surface area contributed by atoms with Crippen LogP contribution in [0.2, 0.25) is 0 Å². The number of rotatable bonds is 6. The molecule has 1 saturated carbocycles. The van der Waals surface area contributed by atoms with Crippen molar-refractivity contribution in [1.29, 1.82) is 5.26 Å². The Labute approximate surface area is 201 Å². The number of thiazole rings is 1. The molecule has 0 unspecified atom stereocenters. The molecule has 0 saturated heterocycles. The van der Waals surface area contributed by atoms with Crippen LogP contribution >= 0.6 is 11.3 Å². The average Bonchev–Trinajstić information content (AvgIpc) is 3.27. The largest absolute Gasteiger partial charge is 0.393 e. The Bertz CT molecular complexity index is 1360. The Morgan fingerprint density at radius 1 is 1.06 bits per heavy atom. The van der Waals surface area contributed by atoms with E-state index in [0.29, 0.717) is 22.3 Å². The lowest BCUT2D eigenvalue weighted by Gasteiger charge is -2.26. The van der Waals surface area contributed by atoms with Gasteiger partial charge in [0.05, 0.1) is 28.5 Å². The lowest BCUT2D eigenvalue weighted by atomic mass is 9.93. The maximum Gasteiger partial charge on any atom is 0.189 e. The number of aromatic nitrogens is 3. The van der Waals surface area contributed by atoms with Crippen molar-refractivity contribution in [3.63, 3.8) is 0 Å². The highest BCUT2D eigenvalue weighted by Crippen LogP contribution is 2.35. The third-order valence-corrected chi connectivity index (χ3v) is 6.88. The van der Waals surface area contributed by atoms with Gasteiger partial charge in [0, 0.05) is 29.6 Å². The molecule has 0 amide bonds. The minimum absolute atomic E-state index is 0.0957. The molecule has 0 spiro atoms. The Morgan fingerprint density at radius 2 is 1.88 bits per heavy atom. The van der Waals surface area contributed by atoms with Crippen LogP contribution in [0, 0.1) is 11.3 Å². The van der Waals surface area contributed by atoms with Crippen LogP contribution in [0.25, 0.3) is 21.3 Å². The van der Waals surface area contributed by atoms with Crippen LogP contribution in [-0.2, 0) is 6.61 Å². The van der Waals surface area contributed by atoms with Crippen LogP contribution in [-0.4, -0.2) is 37.3 Å². The number of anilines is 3. The molecule has 3 heterocycles. The molecular formula is C25H24N6O2S. The van der Waals surface area contributed by atoms with E-state index < -0.39 is 0 Å². The van der Waals surface area contributed by atoms with E-state index in [1.54, 1.807) is 12.4 Å². The predicted octanol–water partition coefficient (Wildman–Crippen LogP) is 4.58. The van der Waals surface area contributed by atoms with E-state index in [-0.39, 0.29) is 18.8 Å². The van der Waals surface area contributed by atoms with Crippen LogP contribution in [0.3, 0.4) is 0 Å². The smallest absolute Gasteiger partial charge is 0.189 e. The van der Waals surface area contributed by atoms with Gasteiger partial charge in [0.1, 0.15) is 17.7 Å². The molecule has 4 N–H and O–H groups in total. The molecule has 5 rings (SSSR count). The molecule has 0 atom stereocenters. The van der Waals surface area contributed by atoms with E-state index in [9.17, 15) is 15.5 Å². The van der Waals surface area contributed by atoms with Crippen LogP contribution in [0.4, 0.5) is 16.8 Å². The molecule has 4 aromatic rings. The summed E-state index contributed by atoms with van der Waals surface area (Å²) in [5, 5.41) is 36.1. The van der Waals surface area contributed by atoms with Gasteiger partial charge in [-0.2, -0.15) is 5.26 Å². The van der Waals surface area contributed by atoms with Crippen molar-refractivity contribution in [2.75, 3.05) is 10.6 Å². The zero-order valence-corrected chi connectivity index (χ0v) is 19.2. The number of pyridine rings is 2. The molecule has 8 nitrogen and oxygen atoms in total. The summed E-state index contributed by atoms with van der Waals surface area (Å²) in [5.41, 5.74) is 3.82. The van der Waals surface area contributed by atoms with Crippen molar-refractivity contribution in [3.05, 3.63) is 59.9 Å². The summed E-state index contributed by atoms with van der Waals surface area (Å²) in [4.78, 5) is 13.7. The Hall–Kier alpha value is -3.58. The number of fused-ring (bicyclic) bond motifs is 1. The summed E-state index contributed by atoms with van der Waals surface area (Å²) < 4.78 is 1.000. The Morgan fingerprint density at radius 3 is 2.68 bits per heavy atom. The zero-order valence-electron chi connectivity index (χ0n) is 18.4. The van der Waals surface area contributed by atoms with Gasteiger partial charge in [0.15, 0.2) is 5.13 Å². The van der Waals surface area contributed by atoms with Gasteiger partial charge in [-0.25, -0.2) is 9.97 Å². The summed E-state index contributed by atoms with van der Waals surface area (Å²) in [6.45, 7) is -0.0957. The molecule has 34 heavy (non-hydrogen) atoms. The summed E-state index contributed by atoms with van der Waals surface area (Å²) in [6, 6.07) is 13.8. The maximum atomic E-state index is 9.75. The Balaban J connectivity index is 1.42. The van der Waals surface area contributed by atoms with E-state index in [0.717, 1.165) is 52.6 Å². The van der Waals surface area contributed by atoms with Crippen LogP contribution in [0.1, 0.15) is 36.8 Å². The first-order valence-electron chi connectivity index (χ1n) is 11.2. The molecule has 1 aliphatic carbocycles. The highest BCUT2D eigenvalue weighted by atomic mass is 32.1. The van der Waals surface area contributed by atoms with E-state index >= 15 is 0 Å². The third-order valence-electron chi connectivity index (χ3n) is 5.95. The fourth-order valence-electron chi connectivity index (χ4n) is 4.24. The fourth-order valence-corrected chi connectivity index (χ4v) is 5.14. The maximum absolute atomic E-state index is 9.75. The summed E-state index contributed by atoms with van der Waals surface area (Å²) in [6.07, 6.45) is 6.39. The van der Waals surface area contributed by atoms with Crippen molar-refractivity contribution in [2.45, 2.75) is 44.4 Å². The Kier molecular flexibility index (Phi) is 6.36. The molecule has 0 bridgehead atoms. The van der Waals surface area contributed by atoms with Crippen molar-refractivity contribution in [2.24, 2.45) is 0 Å². The highest BCUT2D eigenvalue weighted by molar-refractivity contribution is 7.22. The monoisotopic (exact) mass is 472 g/mol. The number of hydrogen-bond donors (Lipinski definition) is 4. The summed E-state index contributed by atoms with van der Waals surface area (Å²) in [5.74, 6) is 1.29. The van der Waals surface area contributed by atoms with Gasteiger partial charge in [-0.3, -0.25) is 4.98 Å². The first-order valence-corrected chi connectivity index (χ1v) is 12.0. The van der Waals surface area contributed by atoms with Crippen LogP contribution < -0.4 is 10.6 Å². The number of nitrogens with zero attached hydrogens (tertiary/aromatic N) is 4. The van der Waals surface area contributed by atoms with Gasteiger partial charge in [0.25, 0.3) is 0 Å². The quantitative estimate of drug-likeness (QED) is 0.321. The topological polar surface area (TPSA) is 127 Å². The lowest BCUT2D eigenvalue weighted by Crippen LogP contribution is -2.28. The minimum Gasteiger partial charge on any atom is -0.393 e. The number of hydrogen-bond acceptors (Lipinski definition) is 9. The number of aliphatic hydroxyl groups excluding tert-OH is 2. The average molecular weight is 473 g/mol. The van der Waals surface area contributed by atoms with Gasteiger partial charge < -0.3 is 20.8 Å². The predicted molar refractivity (Wildman–Crippen MR) is 133 cm³/mol. The zero-order chi connectivity index (χ0) is 23.5. The standard InChI is InChI=1S/C25H24N6O2S/c26-11-16-8-17(13-27-12-16)20-2-1-3-21-24(20)31-25(34-21)30-23-10-15(14-32)9-22(29-23)28-18-4-6-19(33)7-5-18/h1-3,8-10,12-13,18-19,32-33H,4-7,14H2,(H2,28,29,30,31). The third kappa shape index (κ3) is 4.84. The molecular weight excluding hydrogens is 448 g/mol. The van der Waals surface area contributed by atoms with Crippen LogP contribution in [0.5, 0.6) is 0 Å². The molecule has 1 aromatic carbocycles. The van der Waals surface area contributed by atoms with Gasteiger partial charge >= 0.3 is 0 Å². The van der Waals surface area contributed by atoms with Gasteiger partial charge in [0.2, 0.25) is 0 Å². The second kappa shape index (κ2) is 9.73. The van der Waals surface area contributed by atoms with E-state index in [4.69, 9.17) is 4.98 Å².